The molecule has 194 valence electrons. The van der Waals surface area contributed by atoms with Crippen LogP contribution in [-0.4, -0.2) is 66.8 Å². The Morgan fingerprint density at radius 3 is 2.00 bits per heavy atom. The zero-order chi connectivity index (χ0) is 25.3. The molecule has 1 aromatic carbocycles. The molecule has 1 saturated heterocycles. The summed E-state index contributed by atoms with van der Waals surface area (Å²) in [5.41, 5.74) is 8.01. The largest absolute Gasteiger partial charge is 0.390 e. The van der Waals surface area contributed by atoms with E-state index in [4.69, 9.17) is 5.73 Å². The minimum atomic E-state index is -0.488. The first kappa shape index (κ1) is 25.0. The first-order valence-corrected chi connectivity index (χ1v) is 13.5. The molecule has 0 radical (unpaired) electrons. The second-order valence-electron chi connectivity index (χ2n) is 11.8. The fourth-order valence-electron chi connectivity index (χ4n) is 7.17. The van der Waals surface area contributed by atoms with Crippen LogP contribution in [0.4, 0.5) is 11.5 Å². The smallest absolute Gasteiger partial charge is 0.267 e. The lowest BCUT2D eigenvalue weighted by molar-refractivity contribution is -0.124. The van der Waals surface area contributed by atoms with Gasteiger partial charge >= 0.3 is 0 Å². The van der Waals surface area contributed by atoms with Crippen molar-refractivity contribution in [3.63, 3.8) is 0 Å². The summed E-state index contributed by atoms with van der Waals surface area (Å²) in [7, 11) is 4.16. The van der Waals surface area contributed by atoms with Gasteiger partial charge in [0.05, 0.1) is 5.60 Å². The predicted octanol–water partition coefficient (Wildman–Crippen LogP) is 3.52. The molecule has 2 aromatic rings. The van der Waals surface area contributed by atoms with Crippen LogP contribution in [0.2, 0.25) is 0 Å². The third-order valence-corrected chi connectivity index (χ3v) is 8.40. The van der Waals surface area contributed by atoms with Crippen molar-refractivity contribution >= 4 is 17.4 Å². The maximum absolute atomic E-state index is 11.3. The zero-order valence-corrected chi connectivity index (χ0v) is 21.8. The first-order chi connectivity index (χ1) is 17.3. The summed E-state index contributed by atoms with van der Waals surface area (Å²) in [6, 6.07) is 14.2. The lowest BCUT2D eigenvalue weighted by atomic mass is 9.54. The molecule has 1 aliphatic heterocycles. The molecule has 7 heteroatoms. The van der Waals surface area contributed by atoms with Crippen molar-refractivity contribution in [1.82, 2.24) is 9.88 Å². The number of carbonyl (C=O) groups is 1. The van der Waals surface area contributed by atoms with Gasteiger partial charge in [-0.1, -0.05) is 18.2 Å². The number of hydrogen-bond acceptors (Lipinski definition) is 6. The van der Waals surface area contributed by atoms with E-state index in [9.17, 15) is 9.90 Å². The van der Waals surface area contributed by atoms with Gasteiger partial charge < -0.3 is 25.5 Å². The Bertz CT molecular complexity index is 1010. The van der Waals surface area contributed by atoms with Crippen LogP contribution in [0.25, 0.3) is 0 Å². The van der Waals surface area contributed by atoms with E-state index in [2.05, 4.69) is 58.0 Å². The number of amides is 1. The van der Waals surface area contributed by atoms with Crippen molar-refractivity contribution in [2.75, 3.05) is 50.1 Å². The molecule has 5 aliphatic rings. The van der Waals surface area contributed by atoms with Crippen molar-refractivity contribution in [3.05, 3.63) is 53.7 Å². The normalized spacial score (nSPS) is 28.7. The van der Waals surface area contributed by atoms with Gasteiger partial charge in [0.25, 0.3) is 5.91 Å². The first-order valence-electron chi connectivity index (χ1n) is 13.5. The minimum absolute atomic E-state index is 0.200. The highest BCUT2D eigenvalue weighted by molar-refractivity contribution is 5.91. The number of piperazine rings is 1. The lowest BCUT2D eigenvalue weighted by Gasteiger charge is -2.54. The number of hydrogen-bond donors (Lipinski definition) is 2. The van der Waals surface area contributed by atoms with E-state index in [-0.39, 0.29) is 5.60 Å². The summed E-state index contributed by atoms with van der Waals surface area (Å²) in [5.74, 6) is 3.01. The average molecular weight is 492 g/mol. The monoisotopic (exact) mass is 491 g/mol. The molecular formula is C29H41N5O2. The van der Waals surface area contributed by atoms with Crippen LogP contribution >= 0.6 is 0 Å². The van der Waals surface area contributed by atoms with Crippen molar-refractivity contribution in [3.8, 4) is 0 Å². The molecule has 36 heavy (non-hydrogen) atoms. The highest BCUT2D eigenvalue weighted by Crippen LogP contribution is 2.55. The predicted molar refractivity (Wildman–Crippen MR) is 144 cm³/mol. The summed E-state index contributed by atoms with van der Waals surface area (Å²) >= 11 is 0. The fraction of sp³-hybridized carbons (Fsp3) is 0.586. The molecule has 4 bridgehead atoms. The van der Waals surface area contributed by atoms with E-state index in [1.54, 1.807) is 6.07 Å². The minimum Gasteiger partial charge on any atom is -0.390 e. The molecule has 0 atom stereocenters. The van der Waals surface area contributed by atoms with Crippen molar-refractivity contribution in [2.45, 2.75) is 50.7 Å². The number of primary amides is 1. The Morgan fingerprint density at radius 1 is 0.944 bits per heavy atom. The number of benzene rings is 1. The van der Waals surface area contributed by atoms with Gasteiger partial charge in [-0.15, -0.1) is 0 Å². The van der Waals surface area contributed by atoms with Crippen LogP contribution in [0.3, 0.4) is 0 Å². The van der Waals surface area contributed by atoms with E-state index in [1.807, 2.05) is 12.1 Å². The zero-order valence-electron chi connectivity index (χ0n) is 21.8. The number of aliphatic hydroxyl groups is 1. The van der Waals surface area contributed by atoms with Gasteiger partial charge in [0.1, 0.15) is 11.5 Å². The van der Waals surface area contributed by atoms with Gasteiger partial charge in [0.15, 0.2) is 0 Å². The highest BCUT2D eigenvalue weighted by Gasteiger charge is 2.49. The number of aromatic nitrogens is 1. The molecule has 7 rings (SSSR count). The molecule has 0 spiro atoms. The fourth-order valence-corrected chi connectivity index (χ4v) is 7.17. The maximum Gasteiger partial charge on any atom is 0.267 e. The number of nitrogens with zero attached hydrogens (tertiary/aromatic N) is 4. The second-order valence-corrected chi connectivity index (χ2v) is 11.8. The second kappa shape index (κ2) is 10.4. The molecule has 3 N–H and O–H groups in total. The van der Waals surface area contributed by atoms with Crippen LogP contribution in [-0.2, 0) is 6.54 Å². The van der Waals surface area contributed by atoms with E-state index < -0.39 is 5.91 Å². The molecule has 2 heterocycles. The highest BCUT2D eigenvalue weighted by atomic mass is 16.3. The Hall–Kier alpha value is -2.64. The van der Waals surface area contributed by atoms with Gasteiger partial charge in [0, 0.05) is 38.4 Å². The summed E-state index contributed by atoms with van der Waals surface area (Å²) in [4.78, 5) is 22.4. The molecule has 4 aliphatic carbocycles. The summed E-state index contributed by atoms with van der Waals surface area (Å²) in [6.45, 7) is 4.55. The van der Waals surface area contributed by atoms with E-state index in [1.165, 1.54) is 30.5 Å². The van der Waals surface area contributed by atoms with Crippen LogP contribution in [0.5, 0.6) is 0 Å². The van der Waals surface area contributed by atoms with Crippen LogP contribution in [0.15, 0.2) is 42.5 Å². The Labute approximate surface area is 215 Å². The van der Waals surface area contributed by atoms with Crippen LogP contribution in [0, 0.1) is 17.8 Å². The molecule has 4 saturated carbocycles. The number of anilines is 2. The van der Waals surface area contributed by atoms with E-state index >= 15 is 0 Å². The summed E-state index contributed by atoms with van der Waals surface area (Å²) < 4.78 is 0. The molecule has 7 nitrogen and oxygen atoms in total. The Kier molecular flexibility index (Phi) is 7.22. The number of pyridine rings is 1. The maximum atomic E-state index is 11.3. The number of rotatable bonds is 5. The van der Waals surface area contributed by atoms with Crippen molar-refractivity contribution in [1.29, 1.82) is 0 Å². The van der Waals surface area contributed by atoms with Gasteiger partial charge in [-0.3, -0.25) is 4.79 Å². The van der Waals surface area contributed by atoms with Gasteiger partial charge in [-0.2, -0.15) is 0 Å². The van der Waals surface area contributed by atoms with Crippen molar-refractivity contribution in [2.24, 2.45) is 23.5 Å². The van der Waals surface area contributed by atoms with Crippen molar-refractivity contribution < 1.29 is 9.90 Å². The molecule has 0 unspecified atom stereocenters. The third kappa shape index (κ3) is 5.84. The van der Waals surface area contributed by atoms with E-state index in [0.717, 1.165) is 75.6 Å². The third-order valence-electron chi connectivity index (χ3n) is 8.40. The molecule has 1 aromatic heterocycles. The van der Waals surface area contributed by atoms with Gasteiger partial charge in [-0.25, -0.2) is 4.98 Å². The number of carbonyl (C=O) groups excluding carboxylic acids is 1. The van der Waals surface area contributed by atoms with Gasteiger partial charge in [0.2, 0.25) is 0 Å². The van der Waals surface area contributed by atoms with Crippen LogP contribution in [0.1, 0.15) is 54.6 Å². The summed E-state index contributed by atoms with van der Waals surface area (Å²) in [6.07, 6.45) is 7.66. The van der Waals surface area contributed by atoms with Gasteiger partial charge in [-0.05, 0) is 100 Å². The molecular weight excluding hydrogens is 450 g/mol. The lowest BCUT2D eigenvalue weighted by Crippen LogP contribution is -2.50. The SMILES string of the molecule is CN(C)Cc1ccc(N2CCN(c3cccc(C(N)=O)n3)CC2)cc1.OC12CC3CC(CC(C3)C1)C2. The molecule has 5 fully saturated rings. The topological polar surface area (TPSA) is 85.9 Å². The van der Waals surface area contributed by atoms with Crippen LogP contribution < -0.4 is 15.5 Å². The molecule has 1 amide bonds. The quantitative estimate of drug-likeness (QED) is 0.666. The summed E-state index contributed by atoms with van der Waals surface area (Å²) in [5, 5.41) is 10.1. The Balaban J connectivity index is 0.000000198. The van der Waals surface area contributed by atoms with E-state index in [0.29, 0.717) is 5.69 Å². The standard InChI is InChI=1S/C19H25N5O.C10H16O/c1-22(2)14-15-6-8-16(9-7-15)23-10-12-24(13-11-23)18-5-3-4-17(21-18)19(20)25;11-10-4-7-1-8(5-10)3-9(2-7)6-10/h3-9H,10-14H2,1-2H3,(H2,20,25);7-9,11H,1-6H2. The Morgan fingerprint density at radius 2 is 1.50 bits per heavy atom. The number of nitrogens with two attached hydrogens (primary N) is 1. The average Bonchev–Trinajstić information content (AvgIpc) is 2.83.